The van der Waals surface area contributed by atoms with Crippen molar-refractivity contribution in [2.75, 3.05) is 0 Å². The van der Waals surface area contributed by atoms with E-state index in [0.29, 0.717) is 6.07 Å². The molecule has 0 aliphatic carbocycles. The van der Waals surface area contributed by atoms with E-state index < -0.39 is 34.7 Å². The molecule has 1 aromatic carbocycles. The van der Waals surface area contributed by atoms with E-state index in [0.717, 1.165) is 6.07 Å². The van der Waals surface area contributed by atoms with Gasteiger partial charge in [-0.25, -0.2) is 18.4 Å². The first-order valence-corrected chi connectivity index (χ1v) is 4.78. The van der Waals surface area contributed by atoms with Gasteiger partial charge in [0.25, 0.3) is 0 Å². The minimum absolute atomic E-state index is 0.00338. The Hall–Kier alpha value is -1.98. The van der Waals surface area contributed by atoms with Crippen LogP contribution in [-0.2, 0) is 16.0 Å². The highest BCUT2D eigenvalue weighted by atomic mass is 19.1. The summed E-state index contributed by atoms with van der Waals surface area (Å²) in [5, 5.41) is 8.91. The molecule has 1 N–H and O–H groups in total. The van der Waals surface area contributed by atoms with Gasteiger partial charge in [-0.05, 0) is 18.6 Å². The van der Waals surface area contributed by atoms with Gasteiger partial charge in [-0.15, -0.1) is 0 Å². The Kier molecular flexibility index (Phi) is 2.38. The lowest BCUT2D eigenvalue weighted by Gasteiger charge is -2.30. The third-order valence-electron chi connectivity index (χ3n) is 2.64. The van der Waals surface area contributed by atoms with Crippen molar-refractivity contribution in [3.63, 3.8) is 0 Å². The van der Waals surface area contributed by atoms with Crippen molar-refractivity contribution in [2.45, 2.75) is 18.9 Å². The van der Waals surface area contributed by atoms with Crippen molar-refractivity contribution in [1.82, 2.24) is 0 Å². The van der Waals surface area contributed by atoms with E-state index in [1.807, 2.05) is 0 Å². The molecule has 1 aliphatic rings. The number of hydrogen-bond acceptors (Lipinski definition) is 3. The lowest BCUT2D eigenvalue weighted by Crippen LogP contribution is -2.46. The summed E-state index contributed by atoms with van der Waals surface area (Å²) in [5.74, 6) is -4.35. The average Bonchev–Trinajstić information content (AvgIpc) is 2.14. The topological polar surface area (TPSA) is 63.6 Å². The van der Waals surface area contributed by atoms with Crippen LogP contribution in [0, 0.1) is 11.6 Å². The molecule has 4 nitrogen and oxygen atoms in total. The first-order valence-electron chi connectivity index (χ1n) is 4.78. The predicted molar refractivity (Wildman–Crippen MR) is 51.5 cm³/mol. The molecule has 6 heteroatoms. The number of carboxylic acid groups (broad SMARTS) is 1. The number of carbonyl (C=O) groups excluding carboxylic acids is 1. The van der Waals surface area contributed by atoms with Crippen LogP contribution in [0.2, 0.25) is 0 Å². The van der Waals surface area contributed by atoms with E-state index in [1.54, 1.807) is 0 Å². The Balaban J connectivity index is 2.57. The Morgan fingerprint density at radius 1 is 1.47 bits per heavy atom. The number of carbonyl (C=O) groups is 2. The summed E-state index contributed by atoms with van der Waals surface area (Å²) in [7, 11) is 0. The number of benzene rings is 1. The molecule has 1 aromatic rings. The van der Waals surface area contributed by atoms with Crippen LogP contribution in [0.15, 0.2) is 12.1 Å². The molecule has 1 heterocycles. The maximum atomic E-state index is 13.3. The SMILES string of the molecule is CC1(C(=O)O)Cc2cc(F)cc(F)c2C(=O)O1. The fraction of sp³-hybridized carbons (Fsp3) is 0.273. The summed E-state index contributed by atoms with van der Waals surface area (Å²) < 4.78 is 31.0. The molecule has 0 amide bonds. The van der Waals surface area contributed by atoms with E-state index in [2.05, 4.69) is 4.74 Å². The maximum absolute atomic E-state index is 13.3. The molecule has 0 spiro atoms. The molecule has 90 valence electrons. The number of halogens is 2. The van der Waals surface area contributed by atoms with Gasteiger partial charge in [-0.3, -0.25) is 0 Å². The first-order chi connectivity index (χ1) is 7.83. The molecule has 2 rings (SSSR count). The molecule has 0 bridgehead atoms. The second kappa shape index (κ2) is 3.51. The second-order valence-electron chi connectivity index (χ2n) is 4.02. The second-order valence-corrected chi connectivity index (χ2v) is 4.02. The minimum Gasteiger partial charge on any atom is -0.478 e. The predicted octanol–water partition coefficient (Wildman–Crippen LogP) is 1.52. The normalized spacial score (nSPS) is 22.9. The maximum Gasteiger partial charge on any atom is 0.348 e. The molecule has 0 saturated carbocycles. The molecule has 17 heavy (non-hydrogen) atoms. The van der Waals surface area contributed by atoms with E-state index in [-0.39, 0.29) is 12.0 Å². The lowest BCUT2D eigenvalue weighted by atomic mass is 9.90. The van der Waals surface area contributed by atoms with E-state index in [1.165, 1.54) is 6.92 Å². The van der Waals surface area contributed by atoms with Crippen LogP contribution in [-0.4, -0.2) is 22.6 Å². The van der Waals surface area contributed by atoms with Gasteiger partial charge in [0.2, 0.25) is 5.60 Å². The standard InChI is InChI=1S/C11H8F2O4/c1-11(10(15)16)4-5-2-6(12)3-7(13)8(5)9(14)17-11/h2-3H,4H2,1H3,(H,15,16). The van der Waals surface area contributed by atoms with Crippen molar-refractivity contribution in [3.05, 3.63) is 34.9 Å². The van der Waals surface area contributed by atoms with Gasteiger partial charge < -0.3 is 9.84 Å². The smallest absolute Gasteiger partial charge is 0.348 e. The van der Waals surface area contributed by atoms with Crippen LogP contribution in [0.4, 0.5) is 8.78 Å². The lowest BCUT2D eigenvalue weighted by molar-refractivity contribution is -0.158. The zero-order valence-electron chi connectivity index (χ0n) is 8.79. The summed E-state index contributed by atoms with van der Waals surface area (Å²) in [6.45, 7) is 1.18. The van der Waals surface area contributed by atoms with Gasteiger partial charge in [0.1, 0.15) is 11.6 Å². The molecule has 1 aliphatic heterocycles. The van der Waals surface area contributed by atoms with E-state index >= 15 is 0 Å². The monoisotopic (exact) mass is 242 g/mol. The highest BCUT2D eigenvalue weighted by Crippen LogP contribution is 2.30. The number of aliphatic carboxylic acids is 1. The van der Waals surface area contributed by atoms with Crippen molar-refractivity contribution in [2.24, 2.45) is 0 Å². The number of cyclic esters (lactones) is 1. The molecule has 1 atom stereocenters. The van der Waals surface area contributed by atoms with E-state index in [9.17, 15) is 18.4 Å². The molecule has 0 aromatic heterocycles. The van der Waals surface area contributed by atoms with Gasteiger partial charge in [-0.1, -0.05) is 0 Å². The van der Waals surface area contributed by atoms with Crippen LogP contribution in [0.5, 0.6) is 0 Å². The van der Waals surface area contributed by atoms with Crippen LogP contribution in [0.1, 0.15) is 22.8 Å². The highest BCUT2D eigenvalue weighted by Gasteiger charge is 2.44. The molecule has 0 saturated heterocycles. The summed E-state index contributed by atoms with van der Waals surface area (Å²) >= 11 is 0. The average molecular weight is 242 g/mol. The fourth-order valence-corrected chi connectivity index (χ4v) is 1.77. The largest absolute Gasteiger partial charge is 0.478 e. The molecule has 0 fully saturated rings. The number of fused-ring (bicyclic) bond motifs is 1. The number of rotatable bonds is 1. The zero-order chi connectivity index (χ0) is 12.8. The Morgan fingerprint density at radius 3 is 2.71 bits per heavy atom. The fourth-order valence-electron chi connectivity index (χ4n) is 1.77. The van der Waals surface area contributed by atoms with Gasteiger partial charge >= 0.3 is 11.9 Å². The number of esters is 1. The van der Waals surface area contributed by atoms with E-state index in [4.69, 9.17) is 5.11 Å². The summed E-state index contributed by atoms with van der Waals surface area (Å²) in [4.78, 5) is 22.4. The van der Waals surface area contributed by atoms with Crippen LogP contribution >= 0.6 is 0 Å². The molecular formula is C11H8F2O4. The quantitative estimate of drug-likeness (QED) is 0.758. The third kappa shape index (κ3) is 1.75. The Labute approximate surface area is 94.8 Å². The van der Waals surface area contributed by atoms with Crippen LogP contribution < -0.4 is 0 Å². The van der Waals surface area contributed by atoms with Crippen LogP contribution in [0.3, 0.4) is 0 Å². The van der Waals surface area contributed by atoms with Crippen molar-refractivity contribution in [3.8, 4) is 0 Å². The number of hydrogen-bond donors (Lipinski definition) is 1. The Bertz CT molecular complexity index is 526. The molecular weight excluding hydrogens is 234 g/mol. The number of carboxylic acids is 1. The molecule has 1 unspecified atom stereocenters. The highest BCUT2D eigenvalue weighted by molar-refractivity contribution is 5.96. The van der Waals surface area contributed by atoms with Crippen molar-refractivity contribution in [1.29, 1.82) is 0 Å². The summed E-state index contributed by atoms with van der Waals surface area (Å²) in [6, 6.07) is 1.50. The van der Waals surface area contributed by atoms with Crippen molar-refractivity contribution < 1.29 is 28.2 Å². The van der Waals surface area contributed by atoms with Gasteiger partial charge in [-0.2, -0.15) is 0 Å². The van der Waals surface area contributed by atoms with Crippen LogP contribution in [0.25, 0.3) is 0 Å². The summed E-state index contributed by atoms with van der Waals surface area (Å²) in [6.07, 6.45) is -0.266. The third-order valence-corrected chi connectivity index (χ3v) is 2.64. The van der Waals surface area contributed by atoms with Crippen molar-refractivity contribution >= 4 is 11.9 Å². The Morgan fingerprint density at radius 2 is 2.12 bits per heavy atom. The molecule has 0 radical (unpaired) electrons. The van der Waals surface area contributed by atoms with Gasteiger partial charge in [0, 0.05) is 12.5 Å². The van der Waals surface area contributed by atoms with Gasteiger partial charge in [0.05, 0.1) is 5.56 Å². The number of ether oxygens (including phenoxy) is 1. The minimum atomic E-state index is -1.79. The summed E-state index contributed by atoms with van der Waals surface area (Å²) in [5.41, 5.74) is -2.18. The zero-order valence-corrected chi connectivity index (χ0v) is 8.79. The van der Waals surface area contributed by atoms with Gasteiger partial charge in [0.15, 0.2) is 0 Å². The first kappa shape index (κ1) is 11.5.